The summed E-state index contributed by atoms with van der Waals surface area (Å²) in [6.07, 6.45) is 6.52. The van der Waals surface area contributed by atoms with Crippen LogP contribution >= 0.6 is 12.2 Å². The highest BCUT2D eigenvalue weighted by Crippen LogP contribution is 2.32. The maximum Gasteiger partial charge on any atom is 0.262 e. The molecule has 2 aliphatic rings. The van der Waals surface area contributed by atoms with Gasteiger partial charge in [0.05, 0.1) is 16.9 Å². The zero-order valence-corrected chi connectivity index (χ0v) is 18.2. The maximum absolute atomic E-state index is 13.2. The molecule has 1 atom stereocenters. The van der Waals surface area contributed by atoms with Crippen molar-refractivity contribution < 1.29 is 4.79 Å². The summed E-state index contributed by atoms with van der Waals surface area (Å²) in [5.74, 6) is 1.99. The number of carbonyl (C=O) groups is 1. The first-order valence-corrected chi connectivity index (χ1v) is 11.5. The van der Waals surface area contributed by atoms with Gasteiger partial charge in [-0.05, 0) is 50.0 Å². The second-order valence-corrected chi connectivity index (χ2v) is 8.75. The van der Waals surface area contributed by atoms with Crippen LogP contribution in [0.3, 0.4) is 0 Å². The van der Waals surface area contributed by atoms with Crippen molar-refractivity contribution in [3.05, 3.63) is 51.0 Å². The third-order valence-electron chi connectivity index (χ3n) is 6.45. The van der Waals surface area contributed by atoms with E-state index < -0.39 is 0 Å². The lowest BCUT2D eigenvalue weighted by Gasteiger charge is -2.25. The van der Waals surface area contributed by atoms with E-state index in [0.29, 0.717) is 22.2 Å². The number of benzene rings is 1. The Bertz CT molecular complexity index is 1240. The predicted octanol–water partition coefficient (Wildman–Crippen LogP) is 3.13. The minimum Gasteiger partial charge on any atom is -0.332 e. The van der Waals surface area contributed by atoms with Gasteiger partial charge in [0.1, 0.15) is 5.82 Å². The first kappa shape index (κ1) is 20.1. The van der Waals surface area contributed by atoms with Gasteiger partial charge in [0.25, 0.3) is 5.56 Å². The average Bonchev–Trinajstić information content (AvgIpc) is 3.34. The van der Waals surface area contributed by atoms with Crippen LogP contribution in [0.4, 0.5) is 0 Å². The molecule has 2 aliphatic heterocycles. The summed E-state index contributed by atoms with van der Waals surface area (Å²) in [7, 11) is 0. The SMILES string of the molecule is O=C(CCn1c(=S)[nH]c2ccccc2c1=O)N1CCCC1c1nnc2n1CCCCC2. The van der Waals surface area contributed by atoms with Gasteiger partial charge in [-0.15, -0.1) is 10.2 Å². The first-order valence-electron chi connectivity index (χ1n) is 11.1. The first-order chi connectivity index (χ1) is 15.1. The van der Waals surface area contributed by atoms with Gasteiger partial charge >= 0.3 is 0 Å². The van der Waals surface area contributed by atoms with E-state index in [1.807, 2.05) is 23.1 Å². The van der Waals surface area contributed by atoms with Crippen LogP contribution in [0.25, 0.3) is 10.9 Å². The van der Waals surface area contributed by atoms with Crippen LogP contribution in [0.1, 0.15) is 56.2 Å². The Hall–Kier alpha value is -2.81. The smallest absolute Gasteiger partial charge is 0.262 e. The van der Waals surface area contributed by atoms with Gasteiger partial charge in [0.2, 0.25) is 5.91 Å². The van der Waals surface area contributed by atoms with Gasteiger partial charge in [-0.2, -0.15) is 0 Å². The standard InChI is InChI=1S/C22H26N6O2S/c29-19(11-14-28-21(30)15-7-3-4-8-16(15)23-22(28)31)26-13-6-9-17(26)20-25-24-18-10-2-1-5-12-27(18)20/h3-4,7-8,17H,1-2,5-6,9-14H2,(H,23,31). The highest BCUT2D eigenvalue weighted by Gasteiger charge is 2.34. The summed E-state index contributed by atoms with van der Waals surface area (Å²) in [5.41, 5.74) is 0.556. The zero-order valence-electron chi connectivity index (χ0n) is 17.4. The molecule has 162 valence electrons. The largest absolute Gasteiger partial charge is 0.332 e. The van der Waals surface area contributed by atoms with E-state index in [4.69, 9.17) is 12.2 Å². The van der Waals surface area contributed by atoms with Crippen molar-refractivity contribution in [3.63, 3.8) is 0 Å². The number of fused-ring (bicyclic) bond motifs is 2. The van der Waals surface area contributed by atoms with E-state index >= 15 is 0 Å². The quantitative estimate of drug-likeness (QED) is 0.632. The van der Waals surface area contributed by atoms with Gasteiger partial charge < -0.3 is 14.5 Å². The van der Waals surface area contributed by atoms with Crippen LogP contribution in [0.2, 0.25) is 0 Å². The highest BCUT2D eigenvalue weighted by atomic mass is 32.1. The van der Waals surface area contributed by atoms with Crippen molar-refractivity contribution in [2.45, 2.75) is 64.1 Å². The van der Waals surface area contributed by atoms with Crippen LogP contribution in [0.5, 0.6) is 0 Å². The lowest BCUT2D eigenvalue weighted by Crippen LogP contribution is -2.34. The van der Waals surface area contributed by atoms with E-state index in [1.54, 1.807) is 6.07 Å². The van der Waals surface area contributed by atoms with E-state index in [0.717, 1.165) is 50.3 Å². The predicted molar refractivity (Wildman–Crippen MR) is 119 cm³/mol. The van der Waals surface area contributed by atoms with Gasteiger partial charge in [-0.1, -0.05) is 18.6 Å². The van der Waals surface area contributed by atoms with Crippen LogP contribution < -0.4 is 5.56 Å². The van der Waals surface area contributed by atoms with Crippen LogP contribution in [-0.4, -0.2) is 41.7 Å². The molecule has 1 fully saturated rings. The Balaban J connectivity index is 1.35. The zero-order chi connectivity index (χ0) is 21.4. The average molecular weight is 439 g/mol. The topological polar surface area (TPSA) is 88.8 Å². The number of H-pyrrole nitrogens is 1. The minimum atomic E-state index is -0.159. The van der Waals surface area contributed by atoms with Crippen molar-refractivity contribution in [1.82, 2.24) is 29.2 Å². The molecule has 0 aliphatic carbocycles. The number of aromatic amines is 1. The summed E-state index contributed by atoms with van der Waals surface area (Å²) in [4.78, 5) is 31.0. The van der Waals surface area contributed by atoms with E-state index in [2.05, 4.69) is 19.7 Å². The van der Waals surface area contributed by atoms with Crippen molar-refractivity contribution in [3.8, 4) is 0 Å². The summed E-state index contributed by atoms with van der Waals surface area (Å²) in [6, 6.07) is 7.26. The number of amides is 1. The highest BCUT2D eigenvalue weighted by molar-refractivity contribution is 7.71. The second kappa shape index (κ2) is 8.37. The van der Waals surface area contributed by atoms with Crippen molar-refractivity contribution in [1.29, 1.82) is 0 Å². The molecule has 8 nitrogen and oxygen atoms in total. The van der Waals surface area contributed by atoms with Crippen LogP contribution in [0, 0.1) is 4.77 Å². The Morgan fingerprint density at radius 2 is 2.00 bits per heavy atom. The molecule has 0 saturated carbocycles. The fraction of sp³-hybridized carbons (Fsp3) is 0.500. The number of nitrogens with zero attached hydrogens (tertiary/aromatic N) is 5. The molecule has 0 spiro atoms. The third kappa shape index (κ3) is 3.71. The number of aryl methyl sites for hydroxylation is 1. The third-order valence-corrected chi connectivity index (χ3v) is 6.77. The molecule has 2 aromatic heterocycles. The number of rotatable bonds is 4. The van der Waals surface area contributed by atoms with Gasteiger partial charge in [-0.3, -0.25) is 14.2 Å². The Morgan fingerprint density at radius 1 is 1.13 bits per heavy atom. The molecule has 5 rings (SSSR count). The van der Waals surface area contributed by atoms with Crippen molar-refractivity contribution in [2.24, 2.45) is 0 Å². The molecule has 4 heterocycles. The molecule has 31 heavy (non-hydrogen) atoms. The number of hydrogen-bond donors (Lipinski definition) is 1. The molecule has 0 radical (unpaired) electrons. The normalized spacial score (nSPS) is 18.8. The van der Waals surface area contributed by atoms with E-state index in [9.17, 15) is 9.59 Å². The summed E-state index contributed by atoms with van der Waals surface area (Å²) < 4.78 is 4.06. The Kier molecular flexibility index (Phi) is 5.43. The lowest BCUT2D eigenvalue weighted by atomic mass is 10.2. The maximum atomic E-state index is 13.2. The van der Waals surface area contributed by atoms with E-state index in [1.165, 1.54) is 11.0 Å². The van der Waals surface area contributed by atoms with E-state index in [-0.39, 0.29) is 30.5 Å². The second-order valence-electron chi connectivity index (χ2n) is 8.36. The molecule has 1 amide bonds. The van der Waals surface area contributed by atoms with Crippen LogP contribution in [0.15, 0.2) is 29.1 Å². The molecule has 1 unspecified atom stereocenters. The number of carbonyl (C=O) groups excluding carboxylic acids is 1. The number of hydrogen-bond acceptors (Lipinski definition) is 5. The molecule has 0 bridgehead atoms. The van der Waals surface area contributed by atoms with Gasteiger partial charge in [-0.25, -0.2) is 0 Å². The molecular formula is C22H26N6O2S. The monoisotopic (exact) mass is 438 g/mol. The fourth-order valence-electron chi connectivity index (χ4n) is 4.84. The number of nitrogens with one attached hydrogen (secondary N) is 1. The summed E-state index contributed by atoms with van der Waals surface area (Å²) >= 11 is 5.38. The number of likely N-dealkylation sites (tertiary alicyclic amines) is 1. The van der Waals surface area contributed by atoms with Crippen LogP contribution in [-0.2, 0) is 24.3 Å². The van der Waals surface area contributed by atoms with Crippen molar-refractivity contribution in [2.75, 3.05) is 6.54 Å². The Labute approximate surface area is 184 Å². The molecule has 9 heteroatoms. The van der Waals surface area contributed by atoms with Gasteiger partial charge in [0, 0.05) is 32.5 Å². The number of aromatic nitrogens is 5. The summed E-state index contributed by atoms with van der Waals surface area (Å²) in [5, 5.41) is 9.47. The number of para-hydroxylation sites is 1. The molecule has 3 aromatic rings. The lowest BCUT2D eigenvalue weighted by molar-refractivity contribution is -0.132. The van der Waals surface area contributed by atoms with Crippen molar-refractivity contribution >= 4 is 29.0 Å². The summed E-state index contributed by atoms with van der Waals surface area (Å²) in [6.45, 7) is 1.90. The molecule has 1 saturated heterocycles. The Morgan fingerprint density at radius 3 is 2.90 bits per heavy atom. The molecular weight excluding hydrogens is 412 g/mol. The molecule has 1 N–H and O–H groups in total. The minimum absolute atomic E-state index is 0.0305. The molecule has 1 aromatic carbocycles. The van der Waals surface area contributed by atoms with Gasteiger partial charge in [0.15, 0.2) is 10.6 Å². The fourth-order valence-corrected chi connectivity index (χ4v) is 5.12.